The van der Waals surface area contributed by atoms with Crippen LogP contribution in [0.25, 0.3) is 22.3 Å². The van der Waals surface area contributed by atoms with Crippen LogP contribution >= 0.6 is 22.9 Å². The van der Waals surface area contributed by atoms with Gasteiger partial charge in [-0.25, -0.2) is 0 Å². The third-order valence-electron chi connectivity index (χ3n) is 8.34. The van der Waals surface area contributed by atoms with Crippen molar-refractivity contribution in [2.45, 2.75) is 91.9 Å². The Balaban J connectivity index is 2.17. The van der Waals surface area contributed by atoms with Crippen LogP contribution in [0.2, 0.25) is 0 Å². The summed E-state index contributed by atoms with van der Waals surface area (Å²) in [6, 6.07) is 18.9. The highest BCUT2D eigenvalue weighted by Gasteiger charge is 2.17. The number of rotatable bonds is 16. The van der Waals surface area contributed by atoms with Crippen molar-refractivity contribution in [1.82, 2.24) is 0 Å². The van der Waals surface area contributed by atoms with E-state index in [9.17, 15) is 0 Å². The van der Waals surface area contributed by atoms with Gasteiger partial charge in [-0.2, -0.15) is 0 Å². The molecule has 41 heavy (non-hydrogen) atoms. The number of anilines is 2. The summed E-state index contributed by atoms with van der Waals surface area (Å²) in [5, 5.41) is 0. The number of benzene rings is 3. The van der Waals surface area contributed by atoms with E-state index in [-0.39, 0.29) is 0 Å². The molecule has 0 aliphatic carbocycles. The summed E-state index contributed by atoms with van der Waals surface area (Å²) in [5.74, 6) is 0. The first-order valence-corrected chi connectivity index (χ1v) is 16.5. The number of hydrogen-bond acceptors (Lipinski definition) is 2. The van der Waals surface area contributed by atoms with Crippen LogP contribution in [0.15, 0.2) is 73.5 Å². The first kappa shape index (κ1) is 33.0. The van der Waals surface area contributed by atoms with Gasteiger partial charge in [0.2, 0.25) is 0 Å². The zero-order valence-electron chi connectivity index (χ0n) is 26.5. The summed E-state index contributed by atoms with van der Waals surface area (Å²) in [6.45, 7) is 17.1. The summed E-state index contributed by atoms with van der Waals surface area (Å²) < 4.78 is 2.16. The molecule has 0 saturated carbocycles. The summed E-state index contributed by atoms with van der Waals surface area (Å²) in [5.41, 5.74) is 14.4. The fourth-order valence-electron chi connectivity index (χ4n) is 5.69. The van der Waals surface area contributed by atoms with Crippen LogP contribution in [-0.2, 0) is 12.8 Å². The van der Waals surface area contributed by atoms with Crippen molar-refractivity contribution in [3.05, 3.63) is 95.7 Å². The lowest BCUT2D eigenvalue weighted by atomic mass is 9.85. The van der Waals surface area contributed by atoms with Crippen LogP contribution in [0.4, 0.5) is 11.4 Å². The maximum absolute atomic E-state index is 4.14. The van der Waals surface area contributed by atoms with Crippen molar-refractivity contribution in [2.24, 2.45) is 0 Å². The Morgan fingerprint density at radius 3 is 1.56 bits per heavy atom. The summed E-state index contributed by atoms with van der Waals surface area (Å²) in [7, 11) is 4.17. The van der Waals surface area contributed by atoms with E-state index < -0.39 is 0 Å². The second-order valence-electron chi connectivity index (χ2n) is 11.5. The molecule has 0 amide bonds. The molecule has 0 aromatic heterocycles. The topological polar surface area (TPSA) is 6.48 Å². The summed E-state index contributed by atoms with van der Waals surface area (Å²) >= 11 is 2.36. The Hall–Kier alpha value is -2.53. The minimum atomic E-state index is 0.905. The van der Waals surface area contributed by atoms with Gasteiger partial charge in [0, 0.05) is 31.2 Å². The van der Waals surface area contributed by atoms with Gasteiger partial charge in [0.25, 0.3) is 0 Å². The smallest absolute Gasteiger partial charge is 0.0588 e. The zero-order valence-corrected chi connectivity index (χ0v) is 28.6. The van der Waals surface area contributed by atoms with Gasteiger partial charge in [0.15, 0.2) is 0 Å². The Morgan fingerprint density at radius 1 is 0.683 bits per heavy atom. The molecule has 3 heteroatoms. The highest BCUT2D eigenvalue weighted by molar-refractivity contribution is 14.1. The molecule has 220 valence electrons. The highest BCUT2D eigenvalue weighted by Crippen LogP contribution is 2.39. The summed E-state index contributed by atoms with van der Waals surface area (Å²) in [4.78, 5) is 2.11. The largest absolute Gasteiger partial charge is 0.345 e. The van der Waals surface area contributed by atoms with E-state index in [1.54, 1.807) is 0 Å². The van der Waals surface area contributed by atoms with Crippen LogP contribution in [0.1, 0.15) is 87.5 Å². The second kappa shape index (κ2) is 16.2. The number of hydrogen-bond donors (Lipinski definition) is 0. The van der Waals surface area contributed by atoms with Crippen molar-refractivity contribution in [2.75, 3.05) is 22.1 Å². The molecule has 2 nitrogen and oxygen atoms in total. The number of aryl methyl sites for hydroxylation is 4. The molecule has 0 fully saturated rings. The van der Waals surface area contributed by atoms with Crippen LogP contribution in [0.5, 0.6) is 0 Å². The van der Waals surface area contributed by atoms with Crippen molar-refractivity contribution in [3.8, 4) is 22.3 Å². The lowest BCUT2D eigenvalue weighted by Crippen LogP contribution is -2.13. The first-order valence-electron chi connectivity index (χ1n) is 15.5. The number of allylic oxidation sites excluding steroid dienone is 1. The third kappa shape index (κ3) is 8.73. The Bertz CT molecular complexity index is 1320. The quantitative estimate of drug-likeness (QED) is 0.0652. The highest BCUT2D eigenvalue weighted by atomic mass is 127. The normalized spacial score (nSPS) is 11.0. The first-order chi connectivity index (χ1) is 19.7. The van der Waals surface area contributed by atoms with Gasteiger partial charge in [-0.15, -0.1) is 0 Å². The van der Waals surface area contributed by atoms with Gasteiger partial charge in [-0.05, 0) is 114 Å². The van der Waals surface area contributed by atoms with E-state index in [1.165, 1.54) is 102 Å². The van der Waals surface area contributed by atoms with E-state index in [4.69, 9.17) is 0 Å². The predicted octanol–water partition coefficient (Wildman–Crippen LogP) is 11.8. The monoisotopic (exact) mass is 662 g/mol. The fraction of sp³-hybridized carbons (Fsp3) is 0.421. The molecule has 0 spiro atoms. The van der Waals surface area contributed by atoms with Crippen LogP contribution in [0.3, 0.4) is 0 Å². The molecule has 0 aliphatic heterocycles. The van der Waals surface area contributed by atoms with E-state index in [1.807, 2.05) is 6.08 Å². The number of likely N-dealkylation sites (N-methyl/N-ethyl adjacent to an activating group) is 1. The Morgan fingerprint density at radius 2 is 1.15 bits per heavy atom. The van der Waals surface area contributed by atoms with Crippen molar-refractivity contribution in [1.29, 1.82) is 0 Å². The standard InChI is InChI=1S/C38H51IN2/c1-9-12-14-16-18-31-27-38(36-23-21-34(41(8)39)25-29(36)5)32(19-17-15-13-10-2)26-37(31)35-22-20-33(24-28(35)4)40(7)30(6)11-3/h11,20-27H,3,6,9-10,12-19H2,1-2,4-5,7-8H3. The van der Waals surface area contributed by atoms with Crippen LogP contribution < -0.4 is 8.01 Å². The minimum absolute atomic E-state index is 0.905. The third-order valence-corrected chi connectivity index (χ3v) is 8.90. The molecule has 0 unspecified atom stereocenters. The molecular formula is C38H51IN2. The molecule has 0 radical (unpaired) electrons. The van der Waals surface area contributed by atoms with Crippen molar-refractivity contribution >= 4 is 34.2 Å². The van der Waals surface area contributed by atoms with Crippen molar-refractivity contribution in [3.63, 3.8) is 0 Å². The predicted molar refractivity (Wildman–Crippen MR) is 193 cm³/mol. The van der Waals surface area contributed by atoms with Gasteiger partial charge in [-0.1, -0.05) is 89.8 Å². The van der Waals surface area contributed by atoms with E-state index in [0.29, 0.717) is 0 Å². The number of nitrogens with zero attached hydrogens (tertiary/aromatic N) is 2. The fourth-order valence-corrected chi connectivity index (χ4v) is 5.99. The van der Waals surface area contributed by atoms with Gasteiger partial charge in [0.1, 0.15) is 0 Å². The molecule has 0 atom stereocenters. The lowest BCUT2D eigenvalue weighted by Gasteiger charge is -2.23. The lowest BCUT2D eigenvalue weighted by molar-refractivity contribution is 0.664. The van der Waals surface area contributed by atoms with Gasteiger partial charge in [-0.3, -0.25) is 0 Å². The van der Waals surface area contributed by atoms with E-state index in [2.05, 4.69) is 134 Å². The average molecular weight is 663 g/mol. The molecule has 0 bridgehead atoms. The van der Waals surface area contributed by atoms with Crippen molar-refractivity contribution < 1.29 is 0 Å². The van der Waals surface area contributed by atoms with Gasteiger partial charge >= 0.3 is 0 Å². The Kier molecular flexibility index (Phi) is 13.0. The molecule has 0 aliphatic rings. The van der Waals surface area contributed by atoms with E-state index in [0.717, 1.165) is 24.2 Å². The average Bonchev–Trinajstić information content (AvgIpc) is 2.97. The SMILES string of the molecule is C=CC(=C)N(C)c1ccc(-c2cc(CCCCCC)c(-c3ccc(N(C)I)cc3C)cc2CCCCCC)c(C)c1. The molecule has 0 heterocycles. The maximum atomic E-state index is 4.14. The van der Waals surface area contributed by atoms with E-state index >= 15 is 0 Å². The molecule has 0 N–H and O–H groups in total. The molecule has 3 aromatic rings. The Labute approximate surface area is 265 Å². The van der Waals surface area contributed by atoms with Gasteiger partial charge < -0.3 is 8.01 Å². The number of halogens is 1. The maximum Gasteiger partial charge on any atom is 0.0588 e. The zero-order chi connectivity index (χ0) is 29.9. The molecular weight excluding hydrogens is 611 g/mol. The summed E-state index contributed by atoms with van der Waals surface area (Å²) in [6.07, 6.45) is 14.2. The number of unbranched alkanes of at least 4 members (excludes halogenated alkanes) is 6. The minimum Gasteiger partial charge on any atom is -0.345 e. The van der Waals surface area contributed by atoms with Gasteiger partial charge in [0.05, 0.1) is 22.9 Å². The van der Waals surface area contributed by atoms with Crippen LogP contribution in [0, 0.1) is 13.8 Å². The molecule has 3 rings (SSSR count). The molecule has 3 aromatic carbocycles. The molecule has 0 saturated heterocycles. The second-order valence-corrected chi connectivity index (χ2v) is 13.0. The van der Waals surface area contributed by atoms with Crippen LogP contribution in [-0.4, -0.2) is 14.1 Å².